The molecule has 146 valence electrons. The number of halogens is 1. The molecule has 25 heavy (non-hydrogen) atoms. The second kappa shape index (κ2) is 6.07. The molecule has 0 aromatic rings. The van der Waals surface area contributed by atoms with E-state index in [1.165, 1.54) is 0 Å². The molecule has 0 unspecified atom stereocenters. The zero-order valence-electron chi connectivity index (χ0n) is 16.5. The van der Waals surface area contributed by atoms with Crippen LogP contribution in [0.5, 0.6) is 0 Å². The monoisotopic (exact) mass is 372 g/mol. The van der Waals surface area contributed by atoms with Crippen molar-refractivity contribution in [2.75, 3.05) is 0 Å². The van der Waals surface area contributed by atoms with E-state index in [0.29, 0.717) is 11.8 Å². The minimum absolute atomic E-state index is 0.0304. The summed E-state index contributed by atoms with van der Waals surface area (Å²) in [6.07, 6.45) is 5.53. The summed E-state index contributed by atoms with van der Waals surface area (Å²) in [7, 11) is 0. The summed E-state index contributed by atoms with van der Waals surface area (Å²) in [4.78, 5) is 0. The molecular weight excluding hydrogens is 336 g/mol. The summed E-state index contributed by atoms with van der Waals surface area (Å²) in [6, 6.07) is -0.267. The predicted molar refractivity (Wildman–Crippen MR) is 103 cm³/mol. The SMILES string of the molecule is CC1(C)O[C@@](C)([C@H]2CC[C@](C)(N)[C@H]3CC[C@@](C)(O)[C@H](N)[C@@H]32)CC[C@@H]1Cl. The van der Waals surface area contributed by atoms with E-state index in [4.69, 9.17) is 27.8 Å². The van der Waals surface area contributed by atoms with Crippen LogP contribution in [0.15, 0.2) is 0 Å². The van der Waals surface area contributed by atoms with Crippen molar-refractivity contribution >= 4 is 11.6 Å². The van der Waals surface area contributed by atoms with Crippen LogP contribution in [0.2, 0.25) is 0 Å². The number of rotatable bonds is 1. The maximum absolute atomic E-state index is 10.9. The third-order valence-corrected chi connectivity index (χ3v) is 8.54. The van der Waals surface area contributed by atoms with Crippen LogP contribution < -0.4 is 11.5 Å². The molecule has 0 bridgehead atoms. The normalized spacial score (nSPS) is 56.3. The molecule has 0 radical (unpaired) electrons. The summed E-state index contributed by atoms with van der Waals surface area (Å²) in [5, 5.41) is 10.9. The molecule has 3 fully saturated rings. The van der Waals surface area contributed by atoms with Crippen molar-refractivity contribution in [2.24, 2.45) is 29.2 Å². The summed E-state index contributed by atoms with van der Waals surface area (Å²) < 4.78 is 6.64. The lowest BCUT2D eigenvalue weighted by atomic mass is 9.51. The molecule has 1 aliphatic heterocycles. The fourth-order valence-electron chi connectivity index (χ4n) is 6.07. The van der Waals surface area contributed by atoms with Crippen molar-refractivity contribution < 1.29 is 9.84 Å². The van der Waals surface area contributed by atoms with E-state index in [1.807, 2.05) is 6.92 Å². The number of hydrogen-bond acceptors (Lipinski definition) is 4. The second-order valence-corrected chi connectivity index (χ2v) is 10.8. The molecule has 5 heteroatoms. The van der Waals surface area contributed by atoms with E-state index in [0.717, 1.165) is 38.5 Å². The quantitative estimate of drug-likeness (QED) is 0.617. The van der Waals surface area contributed by atoms with E-state index in [9.17, 15) is 5.11 Å². The highest BCUT2D eigenvalue weighted by Crippen LogP contribution is 2.56. The van der Waals surface area contributed by atoms with Crippen molar-refractivity contribution in [1.82, 2.24) is 0 Å². The van der Waals surface area contributed by atoms with Gasteiger partial charge in [-0.15, -0.1) is 11.6 Å². The molecule has 2 aliphatic carbocycles. The summed E-state index contributed by atoms with van der Waals surface area (Å²) in [6.45, 7) is 10.5. The number of hydrogen-bond donors (Lipinski definition) is 3. The predicted octanol–water partition coefficient (Wildman–Crippen LogP) is 3.17. The highest BCUT2D eigenvalue weighted by atomic mass is 35.5. The first kappa shape index (κ1) is 19.9. The van der Waals surface area contributed by atoms with Crippen LogP contribution in [0.3, 0.4) is 0 Å². The Morgan fingerprint density at radius 1 is 0.960 bits per heavy atom. The lowest BCUT2D eigenvalue weighted by molar-refractivity contribution is -0.220. The van der Waals surface area contributed by atoms with E-state index >= 15 is 0 Å². The molecule has 3 rings (SSSR count). The molecule has 5 N–H and O–H groups in total. The van der Waals surface area contributed by atoms with Gasteiger partial charge >= 0.3 is 0 Å². The molecule has 1 heterocycles. The molecule has 2 saturated carbocycles. The third-order valence-electron chi connectivity index (χ3n) is 7.79. The van der Waals surface area contributed by atoms with Crippen LogP contribution in [0.25, 0.3) is 0 Å². The number of ether oxygens (including phenoxy) is 1. The van der Waals surface area contributed by atoms with Gasteiger partial charge < -0.3 is 21.3 Å². The van der Waals surface area contributed by atoms with Gasteiger partial charge in [0.2, 0.25) is 0 Å². The number of nitrogens with two attached hydrogens (primary N) is 2. The highest BCUT2D eigenvalue weighted by Gasteiger charge is 2.59. The fourth-order valence-corrected chi connectivity index (χ4v) is 6.22. The van der Waals surface area contributed by atoms with Crippen molar-refractivity contribution in [3.05, 3.63) is 0 Å². The lowest BCUT2D eigenvalue weighted by Crippen LogP contribution is -2.69. The smallest absolute Gasteiger partial charge is 0.0796 e. The average Bonchev–Trinajstić information content (AvgIpc) is 2.46. The summed E-state index contributed by atoms with van der Waals surface area (Å²) in [5.74, 6) is 0.818. The van der Waals surface area contributed by atoms with Gasteiger partial charge in [0.1, 0.15) is 0 Å². The minimum atomic E-state index is -0.831. The van der Waals surface area contributed by atoms with Crippen LogP contribution in [0.1, 0.15) is 73.1 Å². The van der Waals surface area contributed by atoms with Gasteiger partial charge in [-0.1, -0.05) is 0 Å². The van der Waals surface area contributed by atoms with Gasteiger partial charge in [0.15, 0.2) is 0 Å². The Kier molecular flexibility index (Phi) is 4.82. The Bertz CT molecular complexity index is 522. The van der Waals surface area contributed by atoms with Gasteiger partial charge in [-0.2, -0.15) is 0 Å². The maximum Gasteiger partial charge on any atom is 0.0796 e. The Labute approximate surface area is 158 Å². The third kappa shape index (κ3) is 3.27. The first-order valence-electron chi connectivity index (χ1n) is 9.91. The topological polar surface area (TPSA) is 81.5 Å². The molecule has 0 amide bonds. The Morgan fingerprint density at radius 2 is 1.56 bits per heavy atom. The molecule has 4 nitrogen and oxygen atoms in total. The lowest BCUT2D eigenvalue weighted by Gasteiger charge is -2.61. The Morgan fingerprint density at radius 3 is 2.16 bits per heavy atom. The van der Waals surface area contributed by atoms with Crippen molar-refractivity contribution in [3.8, 4) is 0 Å². The fraction of sp³-hybridized carbons (Fsp3) is 1.00. The van der Waals surface area contributed by atoms with Gasteiger partial charge in [-0.3, -0.25) is 0 Å². The van der Waals surface area contributed by atoms with Crippen molar-refractivity contribution in [1.29, 1.82) is 0 Å². The maximum atomic E-state index is 10.9. The van der Waals surface area contributed by atoms with E-state index in [1.54, 1.807) is 0 Å². The first-order chi connectivity index (χ1) is 11.3. The zero-order chi connectivity index (χ0) is 18.8. The molecular formula is C20H37ClN2O2. The summed E-state index contributed by atoms with van der Waals surface area (Å²) >= 11 is 6.52. The molecule has 0 aromatic heterocycles. The van der Waals surface area contributed by atoms with Crippen molar-refractivity contribution in [3.63, 3.8) is 0 Å². The molecule has 1 saturated heterocycles. The molecule has 3 aliphatic rings. The molecule has 8 atom stereocenters. The number of aliphatic hydroxyl groups is 1. The van der Waals surface area contributed by atoms with Crippen LogP contribution in [-0.2, 0) is 4.74 Å². The zero-order valence-corrected chi connectivity index (χ0v) is 17.3. The molecule has 0 aromatic carbocycles. The largest absolute Gasteiger partial charge is 0.389 e. The van der Waals surface area contributed by atoms with E-state index in [-0.39, 0.29) is 34.1 Å². The Hall–Kier alpha value is 0.130. The first-order valence-corrected chi connectivity index (χ1v) is 10.3. The Balaban J connectivity index is 1.95. The standard InChI is InChI=1S/C20H37ClN2O2/c1-17(2)14(21)8-11-20(5,25-17)13-6-9-18(3,23)12-7-10-19(4,24)16(22)15(12)13/h12-16,24H,6-11,22-23H2,1-5H3/t12-,13-,14-,15-,16+,18-,19+,20+/m0/s1. The highest BCUT2D eigenvalue weighted by molar-refractivity contribution is 6.21. The van der Waals surface area contributed by atoms with Gasteiger partial charge in [0.25, 0.3) is 0 Å². The van der Waals surface area contributed by atoms with E-state index < -0.39 is 5.60 Å². The minimum Gasteiger partial charge on any atom is -0.389 e. The van der Waals surface area contributed by atoms with Crippen molar-refractivity contribution in [2.45, 2.75) is 107 Å². The second-order valence-electron chi connectivity index (χ2n) is 10.3. The van der Waals surface area contributed by atoms with E-state index in [2.05, 4.69) is 27.7 Å². The summed E-state index contributed by atoms with van der Waals surface area (Å²) in [5.41, 5.74) is 11.7. The molecule has 0 spiro atoms. The van der Waals surface area contributed by atoms with Gasteiger partial charge in [-0.05, 0) is 90.9 Å². The van der Waals surface area contributed by atoms with Crippen LogP contribution >= 0.6 is 11.6 Å². The van der Waals surface area contributed by atoms with Gasteiger partial charge in [0.05, 0.1) is 22.2 Å². The van der Waals surface area contributed by atoms with Gasteiger partial charge in [0, 0.05) is 11.6 Å². The van der Waals surface area contributed by atoms with Crippen LogP contribution in [0.4, 0.5) is 0 Å². The van der Waals surface area contributed by atoms with Crippen LogP contribution in [-0.4, -0.2) is 38.9 Å². The number of alkyl halides is 1. The van der Waals surface area contributed by atoms with Gasteiger partial charge in [-0.25, -0.2) is 0 Å². The average molecular weight is 373 g/mol. The van der Waals surface area contributed by atoms with Crippen LogP contribution in [0, 0.1) is 17.8 Å². The number of fused-ring (bicyclic) bond motifs is 1.